The van der Waals surface area contributed by atoms with E-state index in [-0.39, 0.29) is 30.3 Å². The third-order valence-electron chi connectivity index (χ3n) is 4.74. The van der Waals surface area contributed by atoms with E-state index in [2.05, 4.69) is 5.32 Å². The van der Waals surface area contributed by atoms with Gasteiger partial charge in [0.1, 0.15) is 5.75 Å². The predicted molar refractivity (Wildman–Crippen MR) is 107 cm³/mol. The molecule has 27 heavy (non-hydrogen) atoms. The highest BCUT2D eigenvalue weighted by atomic mass is 16.5. The van der Waals surface area contributed by atoms with Gasteiger partial charge in [0.25, 0.3) is 0 Å². The number of rotatable bonds is 5. The third-order valence-corrected chi connectivity index (χ3v) is 4.74. The van der Waals surface area contributed by atoms with Gasteiger partial charge in [-0.05, 0) is 51.0 Å². The lowest BCUT2D eigenvalue weighted by atomic mass is 10.1. The Hall–Kier alpha value is -2.82. The van der Waals surface area contributed by atoms with Gasteiger partial charge in [0, 0.05) is 18.7 Å². The van der Waals surface area contributed by atoms with Crippen LogP contribution in [0.5, 0.6) is 5.75 Å². The smallest absolute Gasteiger partial charge is 0.229 e. The van der Waals surface area contributed by atoms with E-state index in [1.54, 1.807) is 4.90 Å². The van der Waals surface area contributed by atoms with Crippen molar-refractivity contribution < 1.29 is 14.3 Å². The molecule has 1 unspecified atom stereocenters. The number of amides is 2. The van der Waals surface area contributed by atoms with Gasteiger partial charge in [0.2, 0.25) is 11.8 Å². The summed E-state index contributed by atoms with van der Waals surface area (Å²) < 4.78 is 5.83. The highest BCUT2D eigenvalue weighted by Crippen LogP contribution is 2.34. The number of hydrogen-bond acceptors (Lipinski definition) is 3. The van der Waals surface area contributed by atoms with Gasteiger partial charge >= 0.3 is 0 Å². The first-order valence-corrected chi connectivity index (χ1v) is 9.30. The van der Waals surface area contributed by atoms with E-state index in [4.69, 9.17) is 4.74 Å². The molecule has 1 atom stereocenters. The molecule has 3 rings (SSSR count). The standard InChI is InChI=1S/C22H26N2O3/c1-14(2)27-19-11-6-5-10-18(19)24-13-17(12-20(24)25)22(26)23-21-15(3)8-7-9-16(21)4/h5-11,14,17H,12-13H2,1-4H3,(H,23,26). The van der Waals surface area contributed by atoms with Gasteiger partial charge in [-0.15, -0.1) is 0 Å². The minimum atomic E-state index is -0.386. The molecule has 5 heteroatoms. The Morgan fingerprint density at radius 2 is 1.78 bits per heavy atom. The molecule has 0 spiro atoms. The average Bonchev–Trinajstić information content (AvgIpc) is 3.00. The fourth-order valence-corrected chi connectivity index (χ4v) is 3.39. The Morgan fingerprint density at radius 1 is 1.11 bits per heavy atom. The zero-order valence-corrected chi connectivity index (χ0v) is 16.3. The second-order valence-corrected chi connectivity index (χ2v) is 7.30. The SMILES string of the molecule is Cc1cccc(C)c1NC(=O)C1CC(=O)N(c2ccccc2OC(C)C)C1. The van der Waals surface area contributed by atoms with E-state index in [0.29, 0.717) is 12.3 Å². The van der Waals surface area contributed by atoms with E-state index in [1.165, 1.54) is 0 Å². The number of hydrogen-bond donors (Lipinski definition) is 1. The number of ether oxygens (including phenoxy) is 1. The number of carbonyl (C=O) groups excluding carboxylic acids is 2. The summed E-state index contributed by atoms with van der Waals surface area (Å²) in [5, 5.41) is 3.01. The lowest BCUT2D eigenvalue weighted by molar-refractivity contribution is -0.122. The van der Waals surface area contributed by atoms with Crippen molar-refractivity contribution in [2.45, 2.75) is 40.2 Å². The summed E-state index contributed by atoms with van der Waals surface area (Å²) in [6.07, 6.45) is 0.208. The highest BCUT2D eigenvalue weighted by molar-refractivity contribution is 6.04. The van der Waals surface area contributed by atoms with Gasteiger partial charge in [-0.25, -0.2) is 0 Å². The van der Waals surface area contributed by atoms with Gasteiger partial charge in [-0.2, -0.15) is 0 Å². The van der Waals surface area contributed by atoms with E-state index in [0.717, 1.165) is 22.5 Å². The number of carbonyl (C=O) groups is 2. The van der Waals surface area contributed by atoms with Crippen LogP contribution in [0.15, 0.2) is 42.5 Å². The van der Waals surface area contributed by atoms with E-state index >= 15 is 0 Å². The molecule has 1 heterocycles. The largest absolute Gasteiger partial charge is 0.489 e. The van der Waals surface area contributed by atoms with Crippen molar-refractivity contribution in [1.82, 2.24) is 0 Å². The van der Waals surface area contributed by atoms with Gasteiger partial charge in [-0.1, -0.05) is 30.3 Å². The summed E-state index contributed by atoms with van der Waals surface area (Å²) in [7, 11) is 0. The lowest BCUT2D eigenvalue weighted by Gasteiger charge is -2.21. The quantitative estimate of drug-likeness (QED) is 0.867. The predicted octanol–water partition coefficient (Wildman–Crippen LogP) is 4.08. The molecular weight excluding hydrogens is 340 g/mol. The molecule has 1 saturated heterocycles. The van der Waals surface area contributed by atoms with Gasteiger partial charge in [0.15, 0.2) is 0 Å². The molecule has 0 saturated carbocycles. The molecule has 1 fully saturated rings. The lowest BCUT2D eigenvalue weighted by Crippen LogP contribution is -2.29. The van der Waals surface area contributed by atoms with Crippen LogP contribution in [0.1, 0.15) is 31.4 Å². The van der Waals surface area contributed by atoms with Crippen LogP contribution in [0.2, 0.25) is 0 Å². The number of para-hydroxylation sites is 3. The van der Waals surface area contributed by atoms with E-state index < -0.39 is 0 Å². The molecule has 2 aromatic rings. The second-order valence-electron chi connectivity index (χ2n) is 7.30. The maximum Gasteiger partial charge on any atom is 0.229 e. The Kier molecular flexibility index (Phi) is 5.49. The molecular formula is C22H26N2O3. The van der Waals surface area contributed by atoms with Crippen LogP contribution in [0.3, 0.4) is 0 Å². The molecule has 2 amide bonds. The zero-order chi connectivity index (χ0) is 19.6. The molecule has 5 nitrogen and oxygen atoms in total. The molecule has 0 bridgehead atoms. The fourth-order valence-electron chi connectivity index (χ4n) is 3.39. The van der Waals surface area contributed by atoms with Gasteiger partial charge in [-0.3, -0.25) is 9.59 Å². The van der Waals surface area contributed by atoms with Crippen LogP contribution in [-0.4, -0.2) is 24.5 Å². The Balaban J connectivity index is 1.77. The van der Waals surface area contributed by atoms with Crippen LogP contribution in [0, 0.1) is 19.8 Å². The van der Waals surface area contributed by atoms with Crippen LogP contribution < -0.4 is 15.0 Å². The van der Waals surface area contributed by atoms with Crippen molar-refractivity contribution in [1.29, 1.82) is 0 Å². The van der Waals surface area contributed by atoms with Crippen LogP contribution >= 0.6 is 0 Å². The molecule has 1 aliphatic rings. The summed E-state index contributed by atoms with van der Waals surface area (Å²) in [4.78, 5) is 27.0. The summed E-state index contributed by atoms with van der Waals surface area (Å²) in [6, 6.07) is 13.4. The average molecular weight is 366 g/mol. The van der Waals surface area contributed by atoms with Crippen molar-refractivity contribution in [3.05, 3.63) is 53.6 Å². The minimum absolute atomic E-state index is 0.00646. The third kappa shape index (κ3) is 4.13. The first-order valence-electron chi connectivity index (χ1n) is 9.30. The van der Waals surface area contributed by atoms with Gasteiger partial charge in [0.05, 0.1) is 17.7 Å². The maximum atomic E-state index is 12.8. The molecule has 1 aliphatic heterocycles. The fraction of sp³-hybridized carbons (Fsp3) is 0.364. The number of nitrogens with one attached hydrogen (secondary N) is 1. The van der Waals surface area contributed by atoms with Gasteiger partial charge < -0.3 is 15.0 Å². The normalized spacial score (nSPS) is 16.7. The Labute approximate surface area is 160 Å². The van der Waals surface area contributed by atoms with Crippen LogP contribution in [-0.2, 0) is 9.59 Å². The monoisotopic (exact) mass is 366 g/mol. The molecule has 0 aliphatic carbocycles. The van der Waals surface area contributed by atoms with Crippen molar-refractivity contribution in [2.24, 2.45) is 5.92 Å². The first-order chi connectivity index (χ1) is 12.9. The van der Waals surface area contributed by atoms with Crippen molar-refractivity contribution in [3.8, 4) is 5.75 Å². The maximum absolute atomic E-state index is 12.8. The number of anilines is 2. The minimum Gasteiger partial charge on any atom is -0.489 e. The van der Waals surface area contributed by atoms with E-state index in [1.807, 2.05) is 70.2 Å². The zero-order valence-electron chi connectivity index (χ0n) is 16.3. The second kappa shape index (κ2) is 7.82. The molecule has 0 aromatic heterocycles. The Bertz CT molecular complexity index is 840. The molecule has 2 aromatic carbocycles. The first kappa shape index (κ1) is 19.0. The summed E-state index contributed by atoms with van der Waals surface area (Å²) in [6.45, 7) is 8.18. The topological polar surface area (TPSA) is 58.6 Å². The van der Waals surface area contributed by atoms with Crippen molar-refractivity contribution in [2.75, 3.05) is 16.8 Å². The number of benzene rings is 2. The number of nitrogens with zero attached hydrogens (tertiary/aromatic N) is 1. The van der Waals surface area contributed by atoms with Crippen LogP contribution in [0.4, 0.5) is 11.4 Å². The molecule has 0 radical (unpaired) electrons. The Morgan fingerprint density at radius 3 is 2.44 bits per heavy atom. The highest BCUT2D eigenvalue weighted by Gasteiger charge is 2.36. The molecule has 1 N–H and O–H groups in total. The number of aryl methyl sites for hydroxylation is 2. The summed E-state index contributed by atoms with van der Waals surface area (Å²) >= 11 is 0. The van der Waals surface area contributed by atoms with E-state index in [9.17, 15) is 9.59 Å². The molecule has 142 valence electrons. The summed E-state index contributed by atoms with van der Waals surface area (Å²) in [5.74, 6) is 0.0993. The van der Waals surface area contributed by atoms with Crippen LogP contribution in [0.25, 0.3) is 0 Å². The summed E-state index contributed by atoms with van der Waals surface area (Å²) in [5.41, 5.74) is 3.58. The van der Waals surface area contributed by atoms with Crippen molar-refractivity contribution in [3.63, 3.8) is 0 Å². The van der Waals surface area contributed by atoms with Crippen molar-refractivity contribution >= 4 is 23.2 Å².